The third kappa shape index (κ3) is 3.78. The van der Waals surface area contributed by atoms with Gasteiger partial charge in [-0.25, -0.2) is 9.59 Å². The maximum atomic E-state index is 12.5. The second kappa shape index (κ2) is 7.88. The molecule has 7 heteroatoms. The summed E-state index contributed by atoms with van der Waals surface area (Å²) < 4.78 is 10.0. The van der Waals surface area contributed by atoms with Crippen LogP contribution in [0.1, 0.15) is 56.6 Å². The number of carbonyl (C=O) groups is 3. The van der Waals surface area contributed by atoms with E-state index in [0.717, 1.165) is 19.3 Å². The van der Waals surface area contributed by atoms with E-state index in [0.29, 0.717) is 22.5 Å². The molecule has 0 bridgehead atoms. The zero-order chi connectivity index (χ0) is 20.4. The van der Waals surface area contributed by atoms with Crippen molar-refractivity contribution in [2.45, 2.75) is 46.1 Å². The normalized spacial score (nSPS) is 13.6. The molecular weight excluding hydrogens is 360 g/mol. The zero-order valence-electron chi connectivity index (χ0n) is 16.5. The zero-order valence-corrected chi connectivity index (χ0v) is 16.5. The molecule has 1 aliphatic rings. The lowest BCUT2D eigenvalue weighted by molar-refractivity contribution is -0.123. The van der Waals surface area contributed by atoms with Crippen LogP contribution in [-0.4, -0.2) is 36.0 Å². The summed E-state index contributed by atoms with van der Waals surface area (Å²) >= 11 is 0. The Labute approximate surface area is 163 Å². The Hall–Kier alpha value is -3.09. The van der Waals surface area contributed by atoms with Gasteiger partial charge in [-0.05, 0) is 68.9 Å². The molecule has 7 nitrogen and oxygen atoms in total. The third-order valence-electron chi connectivity index (χ3n) is 5.05. The molecule has 0 saturated carbocycles. The summed E-state index contributed by atoms with van der Waals surface area (Å²) in [5, 5.41) is 2.79. The standard InChI is InChI=1S/C21H24N2O5/c1-11-17(20(25)27-4)12(2)22-18(11)21(26)28-13(3)19(24)23-16-9-8-14-6-5-7-15(14)10-16/h8-10,13,22H,5-7H2,1-4H3,(H,23,24)/t13-/m0/s1. The lowest BCUT2D eigenvalue weighted by Gasteiger charge is -2.14. The summed E-state index contributed by atoms with van der Waals surface area (Å²) in [5.74, 6) is -1.65. The number of ether oxygens (including phenoxy) is 2. The number of H-pyrrole nitrogens is 1. The smallest absolute Gasteiger partial charge is 0.355 e. The molecule has 1 aromatic carbocycles. The number of hydrogen-bond acceptors (Lipinski definition) is 5. The molecule has 1 amide bonds. The summed E-state index contributed by atoms with van der Waals surface area (Å²) in [6.45, 7) is 4.80. The summed E-state index contributed by atoms with van der Waals surface area (Å²) in [6.07, 6.45) is 2.21. The minimum Gasteiger partial charge on any atom is -0.465 e. The number of aromatic nitrogens is 1. The number of anilines is 1. The second-order valence-corrected chi connectivity index (χ2v) is 6.99. The number of aryl methyl sites for hydroxylation is 3. The Morgan fingerprint density at radius 2 is 1.82 bits per heavy atom. The molecular formula is C21H24N2O5. The van der Waals surface area contributed by atoms with Crippen molar-refractivity contribution < 1.29 is 23.9 Å². The molecule has 2 aromatic rings. The number of carbonyl (C=O) groups excluding carboxylic acids is 3. The summed E-state index contributed by atoms with van der Waals surface area (Å²) in [5.41, 5.74) is 4.62. The van der Waals surface area contributed by atoms with Crippen molar-refractivity contribution in [1.29, 1.82) is 0 Å². The van der Waals surface area contributed by atoms with Gasteiger partial charge in [0.25, 0.3) is 5.91 Å². The highest BCUT2D eigenvalue weighted by atomic mass is 16.5. The van der Waals surface area contributed by atoms with Crippen LogP contribution in [0.2, 0.25) is 0 Å². The van der Waals surface area contributed by atoms with E-state index in [4.69, 9.17) is 9.47 Å². The third-order valence-corrected chi connectivity index (χ3v) is 5.05. The fourth-order valence-electron chi connectivity index (χ4n) is 3.53. The molecule has 0 unspecified atom stereocenters. The Balaban J connectivity index is 1.67. The quantitative estimate of drug-likeness (QED) is 0.772. The molecule has 2 N–H and O–H groups in total. The van der Waals surface area contributed by atoms with Crippen molar-refractivity contribution >= 4 is 23.5 Å². The van der Waals surface area contributed by atoms with E-state index in [2.05, 4.69) is 10.3 Å². The first-order chi connectivity index (χ1) is 13.3. The maximum absolute atomic E-state index is 12.5. The number of benzene rings is 1. The van der Waals surface area contributed by atoms with E-state index in [1.807, 2.05) is 18.2 Å². The molecule has 148 valence electrons. The van der Waals surface area contributed by atoms with Crippen molar-refractivity contribution in [3.05, 3.63) is 51.8 Å². The average molecular weight is 384 g/mol. The van der Waals surface area contributed by atoms with Gasteiger partial charge >= 0.3 is 11.9 Å². The number of amides is 1. The monoisotopic (exact) mass is 384 g/mol. The summed E-state index contributed by atoms with van der Waals surface area (Å²) in [4.78, 5) is 39.6. The molecule has 3 rings (SSSR count). The van der Waals surface area contributed by atoms with E-state index in [9.17, 15) is 14.4 Å². The van der Waals surface area contributed by atoms with Crippen LogP contribution in [0.4, 0.5) is 5.69 Å². The van der Waals surface area contributed by atoms with E-state index in [-0.39, 0.29) is 5.69 Å². The summed E-state index contributed by atoms with van der Waals surface area (Å²) in [7, 11) is 1.28. The largest absolute Gasteiger partial charge is 0.465 e. The molecule has 1 atom stereocenters. The van der Waals surface area contributed by atoms with Crippen LogP contribution in [0, 0.1) is 13.8 Å². The highest BCUT2D eigenvalue weighted by Crippen LogP contribution is 2.25. The molecule has 0 radical (unpaired) electrons. The van der Waals surface area contributed by atoms with Crippen molar-refractivity contribution in [3.63, 3.8) is 0 Å². The van der Waals surface area contributed by atoms with E-state index < -0.39 is 23.9 Å². The van der Waals surface area contributed by atoms with Gasteiger partial charge < -0.3 is 19.8 Å². The van der Waals surface area contributed by atoms with E-state index in [1.54, 1.807) is 13.8 Å². The minimum atomic E-state index is -0.995. The van der Waals surface area contributed by atoms with Crippen molar-refractivity contribution in [3.8, 4) is 0 Å². The molecule has 0 spiro atoms. The molecule has 1 heterocycles. The molecule has 0 saturated heterocycles. The van der Waals surface area contributed by atoms with Crippen LogP contribution in [0.25, 0.3) is 0 Å². The van der Waals surface area contributed by atoms with Crippen LogP contribution >= 0.6 is 0 Å². The lowest BCUT2D eigenvalue weighted by Crippen LogP contribution is -2.30. The molecule has 0 aliphatic heterocycles. The first-order valence-corrected chi connectivity index (χ1v) is 9.23. The predicted molar refractivity (Wildman–Crippen MR) is 104 cm³/mol. The first-order valence-electron chi connectivity index (χ1n) is 9.23. The maximum Gasteiger partial charge on any atom is 0.355 e. The van der Waals surface area contributed by atoms with Crippen molar-refractivity contribution in [2.24, 2.45) is 0 Å². The number of nitrogens with one attached hydrogen (secondary N) is 2. The van der Waals surface area contributed by atoms with Gasteiger partial charge in [-0.15, -0.1) is 0 Å². The molecule has 1 aliphatic carbocycles. The van der Waals surface area contributed by atoms with Gasteiger partial charge in [0.2, 0.25) is 0 Å². The Kier molecular flexibility index (Phi) is 5.53. The van der Waals surface area contributed by atoms with Crippen molar-refractivity contribution in [1.82, 2.24) is 4.98 Å². The van der Waals surface area contributed by atoms with E-state index >= 15 is 0 Å². The number of esters is 2. The number of rotatable bonds is 5. The SMILES string of the molecule is COC(=O)c1c(C)[nH]c(C(=O)O[C@@H](C)C(=O)Nc2ccc3c(c2)CCC3)c1C. The topological polar surface area (TPSA) is 97.5 Å². The molecule has 0 fully saturated rings. The fourth-order valence-corrected chi connectivity index (χ4v) is 3.53. The van der Waals surface area contributed by atoms with Gasteiger partial charge in [-0.2, -0.15) is 0 Å². The molecule has 1 aromatic heterocycles. The highest BCUT2D eigenvalue weighted by molar-refractivity contribution is 6.00. The van der Waals surface area contributed by atoms with Crippen LogP contribution < -0.4 is 5.32 Å². The first kappa shape index (κ1) is 19.7. The number of aromatic amines is 1. The van der Waals surface area contributed by atoms with Gasteiger partial charge in [-0.1, -0.05) is 6.07 Å². The lowest BCUT2D eigenvalue weighted by atomic mass is 10.1. The van der Waals surface area contributed by atoms with Gasteiger partial charge in [0.15, 0.2) is 6.10 Å². The van der Waals surface area contributed by atoms with Gasteiger partial charge in [0, 0.05) is 11.4 Å². The van der Waals surface area contributed by atoms with Gasteiger partial charge in [0.1, 0.15) is 5.69 Å². The number of hydrogen-bond donors (Lipinski definition) is 2. The average Bonchev–Trinajstić information content (AvgIpc) is 3.24. The van der Waals surface area contributed by atoms with Gasteiger partial charge in [0.05, 0.1) is 12.7 Å². The van der Waals surface area contributed by atoms with Crippen molar-refractivity contribution in [2.75, 3.05) is 12.4 Å². The predicted octanol–water partition coefficient (Wildman–Crippen LogP) is 3.09. The van der Waals surface area contributed by atoms with Crippen LogP contribution in [0.5, 0.6) is 0 Å². The van der Waals surface area contributed by atoms with Crippen LogP contribution in [0.3, 0.4) is 0 Å². The molecule has 28 heavy (non-hydrogen) atoms. The van der Waals surface area contributed by atoms with E-state index in [1.165, 1.54) is 25.2 Å². The number of methoxy groups -OCH3 is 1. The van der Waals surface area contributed by atoms with Crippen LogP contribution in [-0.2, 0) is 27.1 Å². The Bertz CT molecular complexity index is 945. The highest BCUT2D eigenvalue weighted by Gasteiger charge is 2.26. The summed E-state index contributed by atoms with van der Waals surface area (Å²) in [6, 6.07) is 5.85. The van der Waals surface area contributed by atoms with Crippen LogP contribution in [0.15, 0.2) is 18.2 Å². The minimum absolute atomic E-state index is 0.134. The second-order valence-electron chi connectivity index (χ2n) is 6.99. The van der Waals surface area contributed by atoms with Gasteiger partial charge in [-0.3, -0.25) is 4.79 Å². The fraction of sp³-hybridized carbons (Fsp3) is 0.381. The Morgan fingerprint density at radius 1 is 1.11 bits per heavy atom. The Morgan fingerprint density at radius 3 is 2.54 bits per heavy atom. The number of fused-ring (bicyclic) bond motifs is 1.